The van der Waals surface area contributed by atoms with Gasteiger partial charge in [0, 0.05) is 6.42 Å². The van der Waals surface area contributed by atoms with Gasteiger partial charge in [0.15, 0.2) is 0 Å². The average molecular weight is 145 g/mol. The lowest BCUT2D eigenvalue weighted by Gasteiger charge is -2.09. The first-order valence-corrected chi connectivity index (χ1v) is 3.69. The van der Waals surface area contributed by atoms with Crippen molar-refractivity contribution < 1.29 is 0 Å². The van der Waals surface area contributed by atoms with E-state index in [0.29, 0.717) is 0 Å². The molecule has 0 fully saturated rings. The third-order valence-electron chi connectivity index (χ3n) is 1.19. The highest BCUT2D eigenvalue weighted by Gasteiger charge is 2.12. The molecule has 0 aliphatic carbocycles. The first-order chi connectivity index (χ1) is 4.12. The van der Waals surface area contributed by atoms with Crippen LogP contribution in [0.1, 0.15) is 33.6 Å². The number of halogens is 1. The molecule has 1 heteroatoms. The molecule has 0 aromatic rings. The first-order valence-electron chi connectivity index (χ1n) is 3.31. The fourth-order valence-corrected chi connectivity index (χ4v) is 0.428. The van der Waals surface area contributed by atoms with Crippen LogP contribution in [0.2, 0.25) is 0 Å². The number of alkyl halides is 1. The number of hydrogen-bond acceptors (Lipinski definition) is 0. The van der Waals surface area contributed by atoms with Crippen LogP contribution in [0.25, 0.3) is 0 Å². The SMILES string of the molecule is CCC#CC(C)(Cl)CC. The van der Waals surface area contributed by atoms with Crippen molar-refractivity contribution in [2.75, 3.05) is 0 Å². The molecule has 0 saturated heterocycles. The molecule has 0 N–H and O–H groups in total. The van der Waals surface area contributed by atoms with E-state index in [-0.39, 0.29) is 4.87 Å². The number of rotatable bonds is 1. The van der Waals surface area contributed by atoms with Gasteiger partial charge < -0.3 is 0 Å². The molecule has 0 aromatic carbocycles. The Kier molecular flexibility index (Phi) is 3.73. The molecular weight excluding hydrogens is 132 g/mol. The minimum absolute atomic E-state index is 0.296. The zero-order valence-corrected chi connectivity index (χ0v) is 7.05. The van der Waals surface area contributed by atoms with E-state index >= 15 is 0 Å². The summed E-state index contributed by atoms with van der Waals surface area (Å²) in [5.74, 6) is 5.93. The predicted molar refractivity (Wildman–Crippen MR) is 42.6 cm³/mol. The number of hydrogen-bond donors (Lipinski definition) is 0. The summed E-state index contributed by atoms with van der Waals surface area (Å²) in [6.07, 6.45) is 1.80. The quantitative estimate of drug-likeness (QED) is 0.392. The molecule has 0 spiro atoms. The molecule has 1 unspecified atom stereocenters. The third-order valence-corrected chi connectivity index (χ3v) is 1.55. The van der Waals surface area contributed by atoms with Crippen LogP contribution in [0, 0.1) is 11.8 Å². The summed E-state index contributed by atoms with van der Waals surface area (Å²) in [4.78, 5) is -0.296. The van der Waals surface area contributed by atoms with Gasteiger partial charge >= 0.3 is 0 Å². The molecule has 0 aromatic heterocycles. The van der Waals surface area contributed by atoms with Gasteiger partial charge in [-0.05, 0) is 13.3 Å². The Morgan fingerprint density at radius 2 is 2.00 bits per heavy atom. The van der Waals surface area contributed by atoms with E-state index in [2.05, 4.69) is 11.8 Å². The molecule has 0 saturated carbocycles. The van der Waals surface area contributed by atoms with Gasteiger partial charge in [0.1, 0.15) is 4.87 Å². The second-order valence-electron chi connectivity index (χ2n) is 2.21. The summed E-state index contributed by atoms with van der Waals surface area (Å²) in [6, 6.07) is 0. The van der Waals surface area contributed by atoms with Crippen molar-refractivity contribution in [1.29, 1.82) is 0 Å². The summed E-state index contributed by atoms with van der Waals surface area (Å²) in [5, 5.41) is 0. The van der Waals surface area contributed by atoms with Gasteiger partial charge in [0.25, 0.3) is 0 Å². The highest BCUT2D eigenvalue weighted by Crippen LogP contribution is 2.16. The maximum atomic E-state index is 5.93. The molecule has 1 atom stereocenters. The predicted octanol–water partition coefficient (Wildman–Crippen LogP) is 2.81. The second kappa shape index (κ2) is 3.80. The lowest BCUT2D eigenvalue weighted by molar-refractivity contribution is 0.765. The summed E-state index contributed by atoms with van der Waals surface area (Å²) in [7, 11) is 0. The largest absolute Gasteiger partial charge is 0.105 e. The van der Waals surface area contributed by atoms with E-state index in [1.165, 1.54) is 0 Å². The van der Waals surface area contributed by atoms with Crippen LogP contribution in [0.15, 0.2) is 0 Å². The van der Waals surface area contributed by atoms with Crippen LogP contribution in [0.4, 0.5) is 0 Å². The summed E-state index contributed by atoms with van der Waals surface area (Å²) < 4.78 is 0. The molecular formula is C8H13Cl. The Morgan fingerprint density at radius 3 is 2.33 bits per heavy atom. The van der Waals surface area contributed by atoms with Gasteiger partial charge in [-0.1, -0.05) is 19.8 Å². The molecule has 0 rings (SSSR count). The van der Waals surface area contributed by atoms with E-state index < -0.39 is 0 Å². The van der Waals surface area contributed by atoms with E-state index in [1.54, 1.807) is 0 Å². The van der Waals surface area contributed by atoms with Crippen molar-refractivity contribution in [2.45, 2.75) is 38.5 Å². The van der Waals surface area contributed by atoms with Crippen LogP contribution in [-0.4, -0.2) is 4.87 Å². The van der Waals surface area contributed by atoms with Gasteiger partial charge in [0.05, 0.1) is 0 Å². The normalized spacial score (nSPS) is 15.6. The Labute approximate surface area is 62.6 Å². The van der Waals surface area contributed by atoms with E-state index in [4.69, 9.17) is 11.6 Å². The van der Waals surface area contributed by atoms with Crippen molar-refractivity contribution in [2.24, 2.45) is 0 Å². The van der Waals surface area contributed by atoms with Crippen LogP contribution >= 0.6 is 11.6 Å². The minimum atomic E-state index is -0.296. The summed E-state index contributed by atoms with van der Waals surface area (Å²) in [6.45, 7) is 6.00. The molecule has 0 amide bonds. The lowest BCUT2D eigenvalue weighted by atomic mass is 10.1. The molecule has 0 nitrogen and oxygen atoms in total. The maximum Gasteiger partial charge on any atom is 0.102 e. The fraction of sp³-hybridized carbons (Fsp3) is 0.750. The molecule has 0 heterocycles. The molecule has 52 valence electrons. The summed E-state index contributed by atoms with van der Waals surface area (Å²) >= 11 is 5.93. The first kappa shape index (κ1) is 8.85. The molecule has 0 bridgehead atoms. The Balaban J connectivity index is 3.84. The van der Waals surface area contributed by atoms with E-state index in [9.17, 15) is 0 Å². The van der Waals surface area contributed by atoms with Crippen molar-refractivity contribution in [3.63, 3.8) is 0 Å². The Morgan fingerprint density at radius 1 is 1.44 bits per heavy atom. The fourth-order valence-electron chi connectivity index (χ4n) is 0.361. The molecule has 0 radical (unpaired) electrons. The van der Waals surface area contributed by atoms with Gasteiger partial charge in [0.2, 0.25) is 0 Å². The van der Waals surface area contributed by atoms with E-state index in [0.717, 1.165) is 12.8 Å². The Bertz CT molecular complexity index is 125. The zero-order chi connectivity index (χ0) is 7.33. The standard InChI is InChI=1S/C8H13Cl/c1-4-6-7-8(3,9)5-2/h4-5H2,1-3H3. The van der Waals surface area contributed by atoms with Crippen LogP contribution in [-0.2, 0) is 0 Å². The Hall–Kier alpha value is -0.150. The van der Waals surface area contributed by atoms with Crippen LogP contribution in [0.5, 0.6) is 0 Å². The average Bonchev–Trinajstić information content (AvgIpc) is 1.84. The van der Waals surface area contributed by atoms with Crippen molar-refractivity contribution in [3.05, 3.63) is 0 Å². The molecule has 0 aliphatic heterocycles. The molecule has 0 aliphatic rings. The highest BCUT2D eigenvalue weighted by molar-refractivity contribution is 6.25. The highest BCUT2D eigenvalue weighted by atomic mass is 35.5. The topological polar surface area (TPSA) is 0 Å². The van der Waals surface area contributed by atoms with Gasteiger partial charge in [-0.15, -0.1) is 17.5 Å². The summed E-state index contributed by atoms with van der Waals surface area (Å²) in [5.41, 5.74) is 0. The zero-order valence-electron chi connectivity index (χ0n) is 6.29. The van der Waals surface area contributed by atoms with Crippen molar-refractivity contribution >= 4 is 11.6 Å². The second-order valence-corrected chi connectivity index (χ2v) is 3.04. The minimum Gasteiger partial charge on any atom is -0.105 e. The van der Waals surface area contributed by atoms with Gasteiger partial charge in [-0.2, -0.15) is 0 Å². The van der Waals surface area contributed by atoms with Crippen LogP contribution in [0.3, 0.4) is 0 Å². The monoisotopic (exact) mass is 144 g/mol. The van der Waals surface area contributed by atoms with Crippen molar-refractivity contribution in [1.82, 2.24) is 0 Å². The van der Waals surface area contributed by atoms with Crippen LogP contribution < -0.4 is 0 Å². The lowest BCUT2D eigenvalue weighted by Crippen LogP contribution is -2.10. The van der Waals surface area contributed by atoms with Gasteiger partial charge in [-0.25, -0.2) is 0 Å². The maximum absolute atomic E-state index is 5.93. The smallest absolute Gasteiger partial charge is 0.102 e. The molecule has 9 heavy (non-hydrogen) atoms. The van der Waals surface area contributed by atoms with E-state index in [1.807, 2.05) is 20.8 Å². The third kappa shape index (κ3) is 4.36. The van der Waals surface area contributed by atoms with Crippen molar-refractivity contribution in [3.8, 4) is 11.8 Å². The van der Waals surface area contributed by atoms with Gasteiger partial charge in [-0.3, -0.25) is 0 Å².